The second-order valence-electron chi connectivity index (χ2n) is 7.66. The largest absolute Gasteiger partial charge is 0.287 e. The lowest BCUT2D eigenvalue weighted by molar-refractivity contribution is -0.393. The molecule has 0 fully saturated rings. The van der Waals surface area contributed by atoms with Gasteiger partial charge in [-0.25, -0.2) is 4.52 Å². The number of carbonyl (C=O) groups excluding carboxylic acids is 1. The van der Waals surface area contributed by atoms with Gasteiger partial charge in [-0.1, -0.05) is 33.6 Å². The van der Waals surface area contributed by atoms with Gasteiger partial charge in [-0.15, -0.1) is 0 Å². The van der Waals surface area contributed by atoms with E-state index in [-0.39, 0.29) is 16.5 Å². The number of aryl methyl sites for hydroxylation is 1. The molecule has 0 saturated carbocycles. The number of hydrogen-bond acceptors (Lipinski definition) is 6. The Kier molecular flexibility index (Phi) is 4.98. The quantitative estimate of drug-likeness (QED) is 0.174. The number of nitrogens with zero attached hydrogens (tertiary/aromatic N) is 5. The molecule has 5 rings (SSSR count). The smallest absolute Gasteiger partial charge is 0.286 e. The minimum atomic E-state index is -0.719. The van der Waals surface area contributed by atoms with E-state index in [1.165, 1.54) is 16.9 Å². The summed E-state index contributed by atoms with van der Waals surface area (Å²) in [5, 5.41) is 28.1. The van der Waals surface area contributed by atoms with Gasteiger partial charge in [0.2, 0.25) is 5.78 Å². The van der Waals surface area contributed by atoms with E-state index in [0.717, 1.165) is 16.1 Å². The van der Waals surface area contributed by atoms with Crippen LogP contribution < -0.4 is 0 Å². The third-order valence-corrected chi connectivity index (χ3v) is 6.07. The number of non-ortho nitro benzene ring substituents is 2. The third-order valence-electron chi connectivity index (χ3n) is 5.54. The van der Waals surface area contributed by atoms with E-state index in [9.17, 15) is 25.0 Å². The Morgan fingerprint density at radius 3 is 2.26 bits per heavy atom. The maximum absolute atomic E-state index is 13.6. The number of halogens is 1. The summed E-state index contributed by atoms with van der Waals surface area (Å²) in [7, 11) is 0. The van der Waals surface area contributed by atoms with Gasteiger partial charge in [-0.2, -0.15) is 5.10 Å². The zero-order valence-corrected chi connectivity index (χ0v) is 19.1. The van der Waals surface area contributed by atoms with Crippen LogP contribution in [0.2, 0.25) is 0 Å². The molecule has 0 saturated heterocycles. The van der Waals surface area contributed by atoms with Gasteiger partial charge in [0.05, 0.1) is 21.3 Å². The highest BCUT2D eigenvalue weighted by Crippen LogP contribution is 2.39. The topological polar surface area (TPSA) is 126 Å². The standard InChI is InChI=1S/C23H14BrN5O5/c1-13-2-8-16(9-3-13)26-12-25-27-21(22(30)14-4-6-15(24)7-5-14)20-18(23(26)27)10-17(28(31)32)11-19(20)29(33)34/h2-12H,1H3. The minimum absolute atomic E-state index is 0.00696. The Bertz CT molecular complexity index is 1640. The molecule has 0 spiro atoms. The molecule has 2 aromatic heterocycles. The molecule has 11 heteroatoms. The van der Waals surface area contributed by atoms with Crippen LogP contribution in [0.15, 0.2) is 71.5 Å². The number of ketones is 1. The number of fused-ring (bicyclic) bond motifs is 3. The molecule has 0 N–H and O–H groups in total. The minimum Gasteiger partial charge on any atom is -0.287 e. The summed E-state index contributed by atoms with van der Waals surface area (Å²) in [6.45, 7) is 1.93. The van der Waals surface area contributed by atoms with Gasteiger partial charge in [0, 0.05) is 27.2 Å². The van der Waals surface area contributed by atoms with Crippen molar-refractivity contribution < 1.29 is 14.6 Å². The van der Waals surface area contributed by atoms with Crippen LogP contribution in [0.3, 0.4) is 0 Å². The van der Waals surface area contributed by atoms with Crippen molar-refractivity contribution >= 4 is 49.5 Å². The van der Waals surface area contributed by atoms with Gasteiger partial charge in [-0.05, 0) is 43.3 Å². The van der Waals surface area contributed by atoms with Crippen molar-refractivity contribution in [3.63, 3.8) is 0 Å². The maximum atomic E-state index is 13.6. The van der Waals surface area contributed by atoms with Crippen molar-refractivity contribution in [1.82, 2.24) is 14.2 Å². The second kappa shape index (κ2) is 7.89. The van der Waals surface area contributed by atoms with Crippen LogP contribution in [-0.4, -0.2) is 29.8 Å². The molecule has 0 amide bonds. The highest BCUT2D eigenvalue weighted by Gasteiger charge is 2.31. The van der Waals surface area contributed by atoms with Crippen LogP contribution in [0.5, 0.6) is 0 Å². The van der Waals surface area contributed by atoms with Gasteiger partial charge < -0.3 is 0 Å². The zero-order chi connectivity index (χ0) is 24.1. The number of rotatable bonds is 5. The molecule has 0 radical (unpaired) electrons. The second-order valence-corrected chi connectivity index (χ2v) is 8.57. The Hall–Kier alpha value is -4.38. The molecule has 34 heavy (non-hydrogen) atoms. The third kappa shape index (κ3) is 3.33. The summed E-state index contributed by atoms with van der Waals surface area (Å²) in [6.07, 6.45) is 1.47. The first-order valence-electron chi connectivity index (χ1n) is 9.98. The SMILES string of the molecule is Cc1ccc(-n2cnn3c(C(=O)c4ccc(Br)cc4)c4c([N+](=O)[O-])cc([N+](=O)[O-])cc4c23)cc1. The lowest BCUT2D eigenvalue weighted by Gasteiger charge is -2.04. The van der Waals surface area contributed by atoms with E-state index in [1.807, 2.05) is 31.2 Å². The van der Waals surface area contributed by atoms with Crippen molar-refractivity contribution in [2.75, 3.05) is 0 Å². The first-order valence-corrected chi connectivity index (χ1v) is 10.8. The fourth-order valence-corrected chi connectivity index (χ4v) is 4.22. The molecule has 2 heterocycles. The van der Waals surface area contributed by atoms with Crippen molar-refractivity contribution in [2.45, 2.75) is 6.92 Å². The maximum Gasteiger partial charge on any atom is 0.286 e. The summed E-state index contributed by atoms with van der Waals surface area (Å²) >= 11 is 3.32. The number of aromatic nitrogens is 3. The van der Waals surface area contributed by atoms with E-state index >= 15 is 0 Å². The first kappa shape index (κ1) is 21.5. The average Bonchev–Trinajstić information content (AvgIpc) is 3.37. The van der Waals surface area contributed by atoms with Crippen LogP contribution in [0.1, 0.15) is 21.6 Å². The van der Waals surface area contributed by atoms with Crippen molar-refractivity contribution in [1.29, 1.82) is 0 Å². The van der Waals surface area contributed by atoms with Gasteiger partial charge >= 0.3 is 0 Å². The number of nitro benzene ring substituents is 2. The van der Waals surface area contributed by atoms with E-state index in [1.54, 1.807) is 28.8 Å². The molecule has 0 bridgehead atoms. The van der Waals surface area contributed by atoms with Gasteiger partial charge in [0.15, 0.2) is 0 Å². The molecule has 10 nitrogen and oxygen atoms in total. The van der Waals surface area contributed by atoms with Crippen molar-refractivity contribution in [3.8, 4) is 5.69 Å². The fraction of sp³-hybridized carbons (Fsp3) is 0.0435. The Morgan fingerprint density at radius 1 is 0.971 bits per heavy atom. The number of carbonyl (C=O) groups is 1. The van der Waals surface area contributed by atoms with E-state index < -0.39 is 27.0 Å². The van der Waals surface area contributed by atoms with Crippen LogP contribution in [0, 0.1) is 27.2 Å². The Labute approximate surface area is 199 Å². The highest BCUT2D eigenvalue weighted by molar-refractivity contribution is 9.10. The predicted molar refractivity (Wildman–Crippen MR) is 128 cm³/mol. The van der Waals surface area contributed by atoms with Crippen molar-refractivity contribution in [3.05, 3.63) is 109 Å². The van der Waals surface area contributed by atoms with Crippen molar-refractivity contribution in [2.24, 2.45) is 0 Å². The first-order chi connectivity index (χ1) is 16.3. The predicted octanol–water partition coefficient (Wildman–Crippen LogP) is 5.40. The Balaban J connectivity index is 1.92. The summed E-state index contributed by atoms with van der Waals surface area (Å²) in [5.74, 6) is -0.497. The summed E-state index contributed by atoms with van der Waals surface area (Å²) in [5.41, 5.74) is 1.28. The number of benzene rings is 3. The van der Waals surface area contributed by atoms with Crippen LogP contribution in [0.4, 0.5) is 11.4 Å². The monoisotopic (exact) mass is 519 g/mol. The molecule has 0 aliphatic carbocycles. The van der Waals surface area contributed by atoms with Crippen LogP contribution >= 0.6 is 15.9 Å². The molecule has 5 aromatic rings. The lowest BCUT2D eigenvalue weighted by atomic mass is 10.0. The van der Waals surface area contributed by atoms with E-state index in [4.69, 9.17) is 0 Å². The van der Waals surface area contributed by atoms with Crippen LogP contribution in [-0.2, 0) is 0 Å². The molecule has 3 aromatic carbocycles. The Morgan fingerprint density at radius 2 is 1.65 bits per heavy atom. The molecule has 0 aliphatic rings. The molecular formula is C23H14BrN5O5. The molecule has 168 valence electrons. The van der Waals surface area contributed by atoms with E-state index in [2.05, 4.69) is 21.0 Å². The summed E-state index contributed by atoms with van der Waals surface area (Å²) < 4.78 is 3.72. The number of hydrogen-bond donors (Lipinski definition) is 0. The van der Waals surface area contributed by atoms with Gasteiger partial charge in [0.25, 0.3) is 11.4 Å². The van der Waals surface area contributed by atoms with E-state index in [0.29, 0.717) is 16.9 Å². The zero-order valence-electron chi connectivity index (χ0n) is 17.5. The van der Waals surface area contributed by atoms with Crippen LogP contribution in [0.25, 0.3) is 22.1 Å². The molecular weight excluding hydrogens is 506 g/mol. The lowest BCUT2D eigenvalue weighted by Crippen LogP contribution is -2.07. The highest BCUT2D eigenvalue weighted by atomic mass is 79.9. The molecule has 0 unspecified atom stereocenters. The van der Waals surface area contributed by atoms with Gasteiger partial charge in [0.1, 0.15) is 17.7 Å². The fourth-order valence-electron chi connectivity index (χ4n) is 3.96. The molecule has 0 atom stereocenters. The summed E-state index contributed by atoms with van der Waals surface area (Å²) in [4.78, 5) is 35.7. The molecule has 0 aliphatic heterocycles. The number of nitro groups is 2. The van der Waals surface area contributed by atoms with Gasteiger partial charge in [-0.3, -0.25) is 29.6 Å². The normalized spacial score (nSPS) is 11.2. The average molecular weight is 520 g/mol. The summed E-state index contributed by atoms with van der Waals surface area (Å²) in [6, 6.07) is 16.1.